The maximum atomic E-state index is 12.9. The summed E-state index contributed by atoms with van der Waals surface area (Å²) < 4.78 is 5.98. The molecule has 0 bridgehead atoms. The molecular formula is C21H27N5O2. The normalized spacial score (nSPS) is 19.5. The predicted octanol–water partition coefficient (Wildman–Crippen LogP) is 2.34. The van der Waals surface area contributed by atoms with Crippen LogP contribution < -0.4 is 15.0 Å². The van der Waals surface area contributed by atoms with Gasteiger partial charge in [-0.05, 0) is 37.3 Å². The van der Waals surface area contributed by atoms with Crippen LogP contribution in [0.15, 0.2) is 36.7 Å². The zero-order valence-corrected chi connectivity index (χ0v) is 16.5. The van der Waals surface area contributed by atoms with Crippen LogP contribution in [0.1, 0.15) is 24.8 Å². The fourth-order valence-corrected chi connectivity index (χ4v) is 3.83. The van der Waals surface area contributed by atoms with Crippen LogP contribution in [0.5, 0.6) is 5.75 Å². The molecule has 1 amide bonds. The first-order valence-corrected chi connectivity index (χ1v) is 9.89. The Labute approximate surface area is 165 Å². The number of carbonyl (C=O) groups excluding carboxylic acids is 1. The SMILES string of the molecule is CN(C)c1cc(NC2CCN(C(=O)C3CCc4ccccc4O3)CC2)ncn1. The zero-order chi connectivity index (χ0) is 19.5. The third kappa shape index (κ3) is 4.03. The van der Waals surface area contributed by atoms with Gasteiger partial charge < -0.3 is 19.9 Å². The van der Waals surface area contributed by atoms with Gasteiger partial charge in [-0.1, -0.05) is 18.2 Å². The van der Waals surface area contributed by atoms with Gasteiger partial charge >= 0.3 is 0 Å². The second kappa shape index (κ2) is 8.04. The summed E-state index contributed by atoms with van der Waals surface area (Å²) in [5, 5.41) is 3.48. The highest BCUT2D eigenvalue weighted by Gasteiger charge is 2.32. The van der Waals surface area contributed by atoms with E-state index in [2.05, 4.69) is 21.4 Å². The molecule has 1 fully saturated rings. The van der Waals surface area contributed by atoms with Crippen molar-refractivity contribution in [3.05, 3.63) is 42.2 Å². The monoisotopic (exact) mass is 381 g/mol. The Balaban J connectivity index is 1.31. The Hall–Kier alpha value is -2.83. The summed E-state index contributed by atoms with van der Waals surface area (Å²) in [7, 11) is 3.92. The van der Waals surface area contributed by atoms with Crippen LogP contribution in [0, 0.1) is 0 Å². The number of ether oxygens (including phenoxy) is 1. The third-order valence-corrected chi connectivity index (χ3v) is 5.46. The first-order chi connectivity index (χ1) is 13.6. The van der Waals surface area contributed by atoms with Crippen LogP contribution in [-0.2, 0) is 11.2 Å². The van der Waals surface area contributed by atoms with Crippen LogP contribution in [-0.4, -0.2) is 60.1 Å². The molecule has 1 N–H and O–H groups in total. The molecule has 0 spiro atoms. The van der Waals surface area contributed by atoms with E-state index >= 15 is 0 Å². The number of aromatic nitrogens is 2. The number of para-hydroxylation sites is 1. The Morgan fingerprint density at radius 3 is 2.75 bits per heavy atom. The second-order valence-corrected chi connectivity index (χ2v) is 7.65. The number of anilines is 2. The highest BCUT2D eigenvalue weighted by molar-refractivity contribution is 5.81. The fraction of sp³-hybridized carbons (Fsp3) is 0.476. The molecule has 0 saturated carbocycles. The summed E-state index contributed by atoms with van der Waals surface area (Å²) in [6.07, 6.45) is 4.67. The van der Waals surface area contributed by atoms with Crippen LogP contribution >= 0.6 is 0 Å². The number of nitrogens with zero attached hydrogens (tertiary/aromatic N) is 4. The molecule has 1 atom stereocenters. The van der Waals surface area contributed by atoms with Crippen molar-refractivity contribution in [2.45, 2.75) is 37.8 Å². The molecule has 2 aliphatic rings. The van der Waals surface area contributed by atoms with E-state index in [0.29, 0.717) is 6.04 Å². The van der Waals surface area contributed by atoms with E-state index in [1.54, 1.807) is 6.33 Å². The van der Waals surface area contributed by atoms with Crippen LogP contribution in [0.2, 0.25) is 0 Å². The average molecular weight is 381 g/mol. The fourth-order valence-electron chi connectivity index (χ4n) is 3.83. The standard InChI is InChI=1S/C21H27N5O2/c1-25(2)20-13-19(22-14-23-20)24-16-9-11-26(12-10-16)21(27)18-8-7-15-5-3-4-6-17(15)28-18/h3-6,13-14,16,18H,7-12H2,1-2H3,(H,22,23,24). The maximum absolute atomic E-state index is 12.9. The number of piperidine rings is 1. The smallest absolute Gasteiger partial charge is 0.263 e. The van der Waals surface area contributed by atoms with Crippen LogP contribution in [0.3, 0.4) is 0 Å². The van der Waals surface area contributed by atoms with E-state index in [1.807, 2.05) is 48.2 Å². The van der Waals surface area contributed by atoms with Crippen molar-refractivity contribution in [1.82, 2.24) is 14.9 Å². The third-order valence-electron chi connectivity index (χ3n) is 5.46. The molecule has 7 nitrogen and oxygen atoms in total. The lowest BCUT2D eigenvalue weighted by Crippen LogP contribution is -2.48. The Bertz CT molecular complexity index is 833. The van der Waals surface area contributed by atoms with Crippen molar-refractivity contribution in [2.75, 3.05) is 37.4 Å². The van der Waals surface area contributed by atoms with Gasteiger partial charge in [-0.2, -0.15) is 0 Å². The molecule has 28 heavy (non-hydrogen) atoms. The number of benzene rings is 1. The van der Waals surface area contributed by atoms with Crippen molar-refractivity contribution in [1.29, 1.82) is 0 Å². The highest BCUT2D eigenvalue weighted by Crippen LogP contribution is 2.28. The number of nitrogens with one attached hydrogen (secondary N) is 1. The lowest BCUT2D eigenvalue weighted by molar-refractivity contribution is -0.140. The molecule has 0 aliphatic carbocycles. The molecule has 3 heterocycles. The number of hydrogen-bond acceptors (Lipinski definition) is 6. The van der Waals surface area contributed by atoms with Gasteiger partial charge in [0, 0.05) is 39.3 Å². The van der Waals surface area contributed by atoms with Gasteiger partial charge in [-0.25, -0.2) is 9.97 Å². The number of rotatable bonds is 4. The molecule has 0 radical (unpaired) electrons. The van der Waals surface area contributed by atoms with Gasteiger partial charge in [0.1, 0.15) is 23.7 Å². The minimum Gasteiger partial charge on any atom is -0.480 e. The summed E-state index contributed by atoms with van der Waals surface area (Å²) in [6.45, 7) is 1.48. The van der Waals surface area contributed by atoms with E-state index in [1.165, 1.54) is 5.56 Å². The van der Waals surface area contributed by atoms with E-state index in [0.717, 1.165) is 56.2 Å². The molecule has 7 heteroatoms. The Morgan fingerprint density at radius 1 is 1.18 bits per heavy atom. The minimum atomic E-state index is -0.357. The molecule has 2 aliphatic heterocycles. The Morgan fingerprint density at radius 2 is 1.96 bits per heavy atom. The number of aryl methyl sites for hydroxylation is 1. The quantitative estimate of drug-likeness (QED) is 0.877. The van der Waals surface area contributed by atoms with Gasteiger partial charge in [0.15, 0.2) is 6.10 Å². The van der Waals surface area contributed by atoms with Crippen LogP contribution in [0.25, 0.3) is 0 Å². The van der Waals surface area contributed by atoms with Gasteiger partial charge in [-0.15, -0.1) is 0 Å². The van der Waals surface area contributed by atoms with E-state index in [-0.39, 0.29) is 12.0 Å². The molecule has 1 aromatic carbocycles. The van der Waals surface area contributed by atoms with Crippen molar-refractivity contribution in [3.63, 3.8) is 0 Å². The van der Waals surface area contributed by atoms with Gasteiger partial charge in [0.2, 0.25) is 0 Å². The summed E-state index contributed by atoms with van der Waals surface area (Å²) in [6, 6.07) is 10.3. The van der Waals surface area contributed by atoms with Crippen molar-refractivity contribution in [3.8, 4) is 5.75 Å². The summed E-state index contributed by atoms with van der Waals surface area (Å²) in [5.74, 6) is 2.67. The van der Waals surface area contributed by atoms with Crippen LogP contribution in [0.4, 0.5) is 11.6 Å². The largest absolute Gasteiger partial charge is 0.480 e. The molecule has 1 unspecified atom stereocenters. The van der Waals surface area contributed by atoms with Crippen molar-refractivity contribution < 1.29 is 9.53 Å². The molecule has 4 rings (SSSR count). The number of likely N-dealkylation sites (tertiary alicyclic amines) is 1. The first-order valence-electron chi connectivity index (χ1n) is 9.89. The summed E-state index contributed by atoms with van der Waals surface area (Å²) in [5.41, 5.74) is 1.19. The van der Waals surface area contributed by atoms with E-state index in [9.17, 15) is 4.79 Å². The summed E-state index contributed by atoms with van der Waals surface area (Å²) >= 11 is 0. The van der Waals surface area contributed by atoms with Gasteiger partial charge in [0.05, 0.1) is 0 Å². The average Bonchev–Trinajstić information content (AvgIpc) is 2.73. The predicted molar refractivity (Wildman–Crippen MR) is 109 cm³/mol. The molecule has 148 valence electrons. The van der Waals surface area contributed by atoms with Crippen molar-refractivity contribution >= 4 is 17.5 Å². The lowest BCUT2D eigenvalue weighted by atomic mass is 10.00. The number of hydrogen-bond donors (Lipinski definition) is 1. The van der Waals surface area contributed by atoms with E-state index < -0.39 is 0 Å². The molecular weight excluding hydrogens is 354 g/mol. The zero-order valence-electron chi connectivity index (χ0n) is 16.5. The Kier molecular flexibility index (Phi) is 5.32. The van der Waals surface area contributed by atoms with Crippen molar-refractivity contribution in [2.24, 2.45) is 0 Å². The van der Waals surface area contributed by atoms with E-state index in [4.69, 9.17) is 4.74 Å². The molecule has 1 aromatic heterocycles. The number of fused-ring (bicyclic) bond motifs is 1. The lowest BCUT2D eigenvalue weighted by Gasteiger charge is -2.36. The first kappa shape index (κ1) is 18.5. The minimum absolute atomic E-state index is 0.116. The topological polar surface area (TPSA) is 70.6 Å². The van der Waals surface area contributed by atoms with Gasteiger partial charge in [0.25, 0.3) is 5.91 Å². The molecule has 1 saturated heterocycles. The highest BCUT2D eigenvalue weighted by atomic mass is 16.5. The molecule has 2 aromatic rings. The van der Waals surface area contributed by atoms with Gasteiger partial charge in [-0.3, -0.25) is 4.79 Å². The maximum Gasteiger partial charge on any atom is 0.263 e. The number of carbonyl (C=O) groups is 1. The second-order valence-electron chi connectivity index (χ2n) is 7.65. The summed E-state index contributed by atoms with van der Waals surface area (Å²) in [4.78, 5) is 25.4. The number of amides is 1.